The Hall–Kier alpha value is -0.960. The van der Waals surface area contributed by atoms with Gasteiger partial charge in [0.2, 0.25) is 0 Å². The highest BCUT2D eigenvalue weighted by Crippen LogP contribution is 2.16. The first-order chi connectivity index (χ1) is 6.86. The van der Waals surface area contributed by atoms with Crippen LogP contribution >= 0.6 is 0 Å². The van der Waals surface area contributed by atoms with Crippen LogP contribution in [0.5, 0.6) is 0 Å². The minimum absolute atomic E-state index is 0.970. The summed E-state index contributed by atoms with van der Waals surface area (Å²) in [6.45, 7) is 9.97. The van der Waals surface area contributed by atoms with E-state index in [0.717, 1.165) is 13.1 Å². The van der Waals surface area contributed by atoms with Crippen LogP contribution in [0.4, 0.5) is 0 Å². The summed E-state index contributed by atoms with van der Waals surface area (Å²) in [5.74, 6) is 0. The van der Waals surface area contributed by atoms with Crippen molar-refractivity contribution in [1.82, 2.24) is 14.9 Å². The van der Waals surface area contributed by atoms with Crippen molar-refractivity contribution >= 4 is 0 Å². The SMILES string of the molecule is CC.CC.CN1Cc2cncnc2C1. The Bertz CT molecular complexity index is 223. The van der Waals surface area contributed by atoms with Crippen molar-refractivity contribution in [2.75, 3.05) is 7.05 Å². The second kappa shape index (κ2) is 7.44. The zero-order valence-electron chi connectivity index (χ0n) is 9.91. The second-order valence-corrected chi connectivity index (χ2v) is 2.67. The summed E-state index contributed by atoms with van der Waals surface area (Å²) in [7, 11) is 2.08. The van der Waals surface area contributed by atoms with Gasteiger partial charge in [0.15, 0.2) is 0 Å². The first-order valence-corrected chi connectivity index (χ1v) is 5.32. The summed E-state index contributed by atoms with van der Waals surface area (Å²) < 4.78 is 0. The molecule has 3 nitrogen and oxygen atoms in total. The molecule has 0 fully saturated rings. The van der Waals surface area contributed by atoms with Crippen LogP contribution in [0, 0.1) is 0 Å². The molecule has 80 valence electrons. The Labute approximate surface area is 87.2 Å². The lowest BCUT2D eigenvalue weighted by Crippen LogP contribution is -2.07. The molecule has 0 aromatic carbocycles. The van der Waals surface area contributed by atoms with E-state index in [1.807, 2.05) is 33.9 Å². The maximum atomic E-state index is 4.16. The second-order valence-electron chi connectivity index (χ2n) is 2.67. The molecule has 0 bridgehead atoms. The van der Waals surface area contributed by atoms with Gasteiger partial charge in [-0.1, -0.05) is 27.7 Å². The monoisotopic (exact) mass is 195 g/mol. The minimum Gasteiger partial charge on any atom is -0.296 e. The molecule has 0 atom stereocenters. The third-order valence-electron chi connectivity index (χ3n) is 1.74. The standard InChI is InChI=1S/C7H9N3.2C2H6/c1-10-3-6-2-8-5-9-7(6)4-10;2*1-2/h2,5H,3-4H2,1H3;2*1-2H3. The number of nitrogens with zero attached hydrogens (tertiary/aromatic N) is 3. The fourth-order valence-electron chi connectivity index (χ4n) is 1.26. The lowest BCUT2D eigenvalue weighted by molar-refractivity contribution is 0.351. The zero-order chi connectivity index (χ0) is 11.0. The molecule has 1 aliphatic rings. The summed E-state index contributed by atoms with van der Waals surface area (Å²) >= 11 is 0. The molecule has 1 aromatic heterocycles. The first-order valence-electron chi connectivity index (χ1n) is 5.32. The minimum atomic E-state index is 0.970. The number of hydrogen-bond acceptors (Lipinski definition) is 3. The van der Waals surface area contributed by atoms with Crippen molar-refractivity contribution in [3.63, 3.8) is 0 Å². The molecular weight excluding hydrogens is 174 g/mol. The third kappa shape index (κ3) is 3.42. The summed E-state index contributed by atoms with van der Waals surface area (Å²) in [6, 6.07) is 0. The van der Waals surface area contributed by atoms with Crippen LogP contribution in [-0.2, 0) is 13.1 Å². The van der Waals surface area contributed by atoms with Gasteiger partial charge in [0.1, 0.15) is 6.33 Å². The van der Waals surface area contributed by atoms with Gasteiger partial charge in [0, 0.05) is 24.8 Å². The van der Waals surface area contributed by atoms with Gasteiger partial charge in [-0.25, -0.2) is 9.97 Å². The fraction of sp³-hybridized carbons (Fsp3) is 0.636. The Morgan fingerprint density at radius 1 is 1.14 bits per heavy atom. The molecule has 0 amide bonds. The maximum Gasteiger partial charge on any atom is 0.115 e. The normalized spacial score (nSPS) is 13.2. The average Bonchev–Trinajstić information content (AvgIpc) is 2.64. The zero-order valence-corrected chi connectivity index (χ0v) is 9.91. The van der Waals surface area contributed by atoms with Gasteiger partial charge in [-0.2, -0.15) is 0 Å². The predicted molar refractivity (Wildman–Crippen MR) is 59.9 cm³/mol. The van der Waals surface area contributed by atoms with Crippen molar-refractivity contribution in [1.29, 1.82) is 0 Å². The maximum absolute atomic E-state index is 4.16. The van der Waals surface area contributed by atoms with E-state index in [4.69, 9.17) is 0 Å². The highest BCUT2D eigenvalue weighted by atomic mass is 15.1. The summed E-state index contributed by atoms with van der Waals surface area (Å²) in [5.41, 5.74) is 2.45. The highest BCUT2D eigenvalue weighted by Gasteiger charge is 2.15. The molecule has 1 aromatic rings. The van der Waals surface area contributed by atoms with E-state index in [9.17, 15) is 0 Å². The molecule has 1 aliphatic heterocycles. The van der Waals surface area contributed by atoms with Gasteiger partial charge in [-0.05, 0) is 7.05 Å². The Balaban J connectivity index is 0.000000379. The number of rotatable bonds is 0. The van der Waals surface area contributed by atoms with Gasteiger partial charge < -0.3 is 0 Å². The molecule has 0 spiro atoms. The van der Waals surface area contributed by atoms with E-state index in [1.165, 1.54) is 11.3 Å². The molecule has 0 radical (unpaired) electrons. The molecule has 3 heteroatoms. The van der Waals surface area contributed by atoms with Crippen LogP contribution in [0.1, 0.15) is 39.0 Å². The van der Waals surface area contributed by atoms with Crippen LogP contribution in [0.3, 0.4) is 0 Å². The Morgan fingerprint density at radius 3 is 2.36 bits per heavy atom. The molecule has 0 unspecified atom stereocenters. The quantitative estimate of drug-likeness (QED) is 0.637. The highest BCUT2D eigenvalue weighted by molar-refractivity contribution is 5.19. The summed E-state index contributed by atoms with van der Waals surface area (Å²) in [6.07, 6.45) is 3.50. The molecule has 2 heterocycles. The molecule has 0 aliphatic carbocycles. The molecule has 0 saturated carbocycles. The fourth-order valence-corrected chi connectivity index (χ4v) is 1.26. The van der Waals surface area contributed by atoms with Crippen molar-refractivity contribution in [2.45, 2.75) is 40.8 Å². The Morgan fingerprint density at radius 2 is 1.79 bits per heavy atom. The van der Waals surface area contributed by atoms with E-state index in [1.54, 1.807) is 6.33 Å². The molecule has 2 rings (SSSR count). The van der Waals surface area contributed by atoms with Crippen LogP contribution in [-0.4, -0.2) is 21.9 Å². The summed E-state index contributed by atoms with van der Waals surface area (Å²) in [5, 5.41) is 0. The van der Waals surface area contributed by atoms with Gasteiger partial charge in [-0.15, -0.1) is 0 Å². The lowest BCUT2D eigenvalue weighted by atomic mass is 10.3. The molecule has 0 N–H and O–H groups in total. The van der Waals surface area contributed by atoms with E-state index in [2.05, 4.69) is 21.9 Å². The van der Waals surface area contributed by atoms with Crippen LogP contribution in [0.15, 0.2) is 12.5 Å². The van der Waals surface area contributed by atoms with Gasteiger partial charge in [0.25, 0.3) is 0 Å². The largest absolute Gasteiger partial charge is 0.296 e. The number of hydrogen-bond donors (Lipinski definition) is 0. The van der Waals surface area contributed by atoms with Crippen LogP contribution in [0.25, 0.3) is 0 Å². The lowest BCUT2D eigenvalue weighted by Gasteiger charge is -2.01. The molecule has 0 saturated heterocycles. The number of aromatic nitrogens is 2. The van der Waals surface area contributed by atoms with E-state index >= 15 is 0 Å². The van der Waals surface area contributed by atoms with Crippen molar-refractivity contribution in [3.8, 4) is 0 Å². The van der Waals surface area contributed by atoms with Gasteiger partial charge in [-0.3, -0.25) is 4.90 Å². The van der Waals surface area contributed by atoms with Crippen LogP contribution in [0.2, 0.25) is 0 Å². The van der Waals surface area contributed by atoms with Crippen molar-refractivity contribution < 1.29 is 0 Å². The summed E-state index contributed by atoms with van der Waals surface area (Å²) in [4.78, 5) is 10.3. The Kier molecular flexibility index (Phi) is 6.93. The predicted octanol–water partition coefficient (Wildman–Crippen LogP) is 2.47. The molecular formula is C11H21N3. The molecule has 14 heavy (non-hydrogen) atoms. The van der Waals surface area contributed by atoms with E-state index < -0.39 is 0 Å². The smallest absolute Gasteiger partial charge is 0.115 e. The van der Waals surface area contributed by atoms with Crippen molar-refractivity contribution in [2.24, 2.45) is 0 Å². The van der Waals surface area contributed by atoms with Gasteiger partial charge in [0.05, 0.1) is 5.69 Å². The van der Waals surface area contributed by atoms with E-state index in [0.29, 0.717) is 0 Å². The van der Waals surface area contributed by atoms with Gasteiger partial charge >= 0.3 is 0 Å². The van der Waals surface area contributed by atoms with Crippen molar-refractivity contribution in [3.05, 3.63) is 23.8 Å². The topological polar surface area (TPSA) is 29.0 Å². The number of fused-ring (bicyclic) bond motifs is 1. The first kappa shape index (κ1) is 13.0. The third-order valence-corrected chi connectivity index (χ3v) is 1.74. The average molecular weight is 195 g/mol. The van der Waals surface area contributed by atoms with Crippen LogP contribution < -0.4 is 0 Å². The van der Waals surface area contributed by atoms with E-state index in [-0.39, 0.29) is 0 Å².